The maximum atomic E-state index is 11.2. The van der Waals surface area contributed by atoms with E-state index in [4.69, 9.17) is 4.74 Å². The van der Waals surface area contributed by atoms with Crippen LogP contribution in [0.4, 0.5) is 11.6 Å². The van der Waals surface area contributed by atoms with E-state index in [-0.39, 0.29) is 5.25 Å². The quantitative estimate of drug-likeness (QED) is 0.782. The van der Waals surface area contributed by atoms with Crippen molar-refractivity contribution in [3.05, 3.63) is 6.33 Å². The van der Waals surface area contributed by atoms with Crippen molar-refractivity contribution >= 4 is 22.4 Å². The van der Waals surface area contributed by atoms with Gasteiger partial charge in [0.2, 0.25) is 5.75 Å². The SMILES string of the molecule is CNc1ncnc(NCC(C)S(C)=O)c1OC. The van der Waals surface area contributed by atoms with Crippen LogP contribution in [0.15, 0.2) is 6.33 Å². The fourth-order valence-corrected chi connectivity index (χ4v) is 1.55. The van der Waals surface area contributed by atoms with Crippen LogP contribution in [0.5, 0.6) is 5.75 Å². The third kappa shape index (κ3) is 3.55. The number of hydrogen-bond acceptors (Lipinski definition) is 6. The summed E-state index contributed by atoms with van der Waals surface area (Å²) in [6.45, 7) is 2.48. The Bertz CT molecular complexity index is 400. The van der Waals surface area contributed by atoms with Crippen LogP contribution in [-0.4, -0.2) is 46.4 Å². The van der Waals surface area contributed by atoms with Crippen LogP contribution in [0, 0.1) is 0 Å². The molecule has 0 aromatic carbocycles. The molecule has 1 aromatic rings. The molecule has 0 aliphatic carbocycles. The van der Waals surface area contributed by atoms with Crippen LogP contribution in [0.25, 0.3) is 0 Å². The lowest BCUT2D eigenvalue weighted by Crippen LogP contribution is -2.21. The third-order valence-corrected chi connectivity index (χ3v) is 3.67. The van der Waals surface area contributed by atoms with E-state index in [1.54, 1.807) is 20.4 Å². The van der Waals surface area contributed by atoms with Gasteiger partial charge in [0.15, 0.2) is 11.6 Å². The second kappa shape index (κ2) is 6.39. The average molecular weight is 258 g/mol. The van der Waals surface area contributed by atoms with Crippen molar-refractivity contribution in [1.29, 1.82) is 0 Å². The summed E-state index contributed by atoms with van der Waals surface area (Å²) < 4.78 is 16.5. The molecule has 0 fully saturated rings. The van der Waals surface area contributed by atoms with Gasteiger partial charge >= 0.3 is 0 Å². The molecule has 0 aliphatic heterocycles. The molecule has 0 aliphatic rings. The normalized spacial score (nSPS) is 13.9. The van der Waals surface area contributed by atoms with Gasteiger partial charge in [-0.2, -0.15) is 0 Å². The molecule has 0 radical (unpaired) electrons. The summed E-state index contributed by atoms with van der Waals surface area (Å²) in [5.41, 5.74) is 0. The summed E-state index contributed by atoms with van der Waals surface area (Å²) in [4.78, 5) is 8.15. The van der Waals surface area contributed by atoms with Gasteiger partial charge < -0.3 is 15.4 Å². The highest BCUT2D eigenvalue weighted by molar-refractivity contribution is 7.84. The average Bonchev–Trinajstić information content (AvgIpc) is 2.34. The van der Waals surface area contributed by atoms with E-state index < -0.39 is 10.8 Å². The Balaban J connectivity index is 2.80. The topological polar surface area (TPSA) is 76.1 Å². The summed E-state index contributed by atoms with van der Waals surface area (Å²) in [6, 6.07) is 0. The Morgan fingerprint density at radius 2 is 2.12 bits per heavy atom. The molecule has 96 valence electrons. The first-order valence-electron chi connectivity index (χ1n) is 5.23. The highest BCUT2D eigenvalue weighted by atomic mass is 32.2. The van der Waals surface area contributed by atoms with Crippen molar-refractivity contribution in [3.8, 4) is 5.75 Å². The predicted molar refractivity (Wildman–Crippen MR) is 70.1 cm³/mol. The lowest BCUT2D eigenvalue weighted by Gasteiger charge is -2.14. The molecule has 0 spiro atoms. The standard InChI is InChI=1S/C10H18N4O2S/c1-7(17(4)15)5-12-10-8(16-3)9(11-2)13-6-14-10/h6-7H,5H2,1-4H3,(H2,11,12,13,14). The predicted octanol–water partition coefficient (Wildman–Crippen LogP) is 0.706. The summed E-state index contributed by atoms with van der Waals surface area (Å²) in [5, 5.41) is 6.08. The van der Waals surface area contributed by atoms with Crippen LogP contribution in [-0.2, 0) is 10.8 Å². The second-order valence-electron chi connectivity index (χ2n) is 3.54. The number of methoxy groups -OCH3 is 1. The Morgan fingerprint density at radius 1 is 1.47 bits per heavy atom. The van der Waals surface area contributed by atoms with Gasteiger partial charge in [-0.1, -0.05) is 0 Å². The van der Waals surface area contributed by atoms with Gasteiger partial charge in [0.05, 0.1) is 7.11 Å². The Labute approximate surface area is 104 Å². The second-order valence-corrected chi connectivity index (χ2v) is 5.35. The number of ether oxygens (including phenoxy) is 1. The maximum Gasteiger partial charge on any atom is 0.204 e. The first kappa shape index (κ1) is 13.7. The summed E-state index contributed by atoms with van der Waals surface area (Å²) >= 11 is 0. The van der Waals surface area contributed by atoms with E-state index >= 15 is 0 Å². The summed E-state index contributed by atoms with van der Waals surface area (Å²) in [6.07, 6.45) is 3.13. The molecule has 2 N–H and O–H groups in total. The number of anilines is 2. The number of rotatable bonds is 6. The molecule has 7 heteroatoms. The number of hydrogen-bond donors (Lipinski definition) is 2. The highest BCUT2D eigenvalue weighted by Crippen LogP contribution is 2.28. The van der Waals surface area contributed by atoms with Crippen molar-refractivity contribution < 1.29 is 8.95 Å². The van der Waals surface area contributed by atoms with Crippen LogP contribution in [0.1, 0.15) is 6.92 Å². The number of nitrogens with one attached hydrogen (secondary N) is 2. The molecule has 0 saturated heterocycles. The zero-order valence-electron chi connectivity index (χ0n) is 10.5. The van der Waals surface area contributed by atoms with E-state index in [9.17, 15) is 4.21 Å². The Morgan fingerprint density at radius 3 is 2.65 bits per heavy atom. The molecule has 2 unspecified atom stereocenters. The maximum absolute atomic E-state index is 11.2. The molecule has 0 bridgehead atoms. The smallest absolute Gasteiger partial charge is 0.204 e. The molecule has 2 atom stereocenters. The molecular weight excluding hydrogens is 240 g/mol. The molecule has 1 heterocycles. The van der Waals surface area contributed by atoms with E-state index in [0.29, 0.717) is 23.9 Å². The van der Waals surface area contributed by atoms with Gasteiger partial charge in [0, 0.05) is 35.9 Å². The van der Waals surface area contributed by atoms with Crippen molar-refractivity contribution in [1.82, 2.24) is 9.97 Å². The van der Waals surface area contributed by atoms with Crippen molar-refractivity contribution in [3.63, 3.8) is 0 Å². The minimum absolute atomic E-state index is 0.0488. The number of aromatic nitrogens is 2. The van der Waals surface area contributed by atoms with Gasteiger partial charge in [-0.05, 0) is 6.92 Å². The lowest BCUT2D eigenvalue weighted by atomic mass is 10.4. The molecule has 1 rings (SSSR count). The van der Waals surface area contributed by atoms with Gasteiger partial charge in [-0.15, -0.1) is 0 Å². The largest absolute Gasteiger partial charge is 0.490 e. The number of nitrogens with zero attached hydrogens (tertiary/aromatic N) is 2. The van der Waals surface area contributed by atoms with Crippen molar-refractivity contribution in [2.24, 2.45) is 0 Å². The summed E-state index contributed by atoms with van der Waals surface area (Å²) in [5.74, 6) is 1.78. The molecule has 17 heavy (non-hydrogen) atoms. The van der Waals surface area contributed by atoms with Crippen molar-refractivity contribution in [2.45, 2.75) is 12.2 Å². The van der Waals surface area contributed by atoms with Crippen LogP contribution in [0.3, 0.4) is 0 Å². The molecule has 6 nitrogen and oxygen atoms in total. The van der Waals surface area contributed by atoms with E-state index in [0.717, 1.165) is 0 Å². The minimum atomic E-state index is -0.862. The van der Waals surface area contributed by atoms with Crippen LogP contribution in [0.2, 0.25) is 0 Å². The van der Waals surface area contributed by atoms with E-state index in [2.05, 4.69) is 20.6 Å². The molecule has 1 aromatic heterocycles. The van der Waals surface area contributed by atoms with Crippen molar-refractivity contribution in [2.75, 3.05) is 37.6 Å². The van der Waals surface area contributed by atoms with Gasteiger partial charge in [-0.3, -0.25) is 4.21 Å². The highest BCUT2D eigenvalue weighted by Gasteiger charge is 2.12. The summed E-state index contributed by atoms with van der Waals surface area (Å²) in [7, 11) is 2.46. The fourth-order valence-electron chi connectivity index (χ4n) is 1.23. The molecule has 0 amide bonds. The minimum Gasteiger partial charge on any atom is -0.490 e. The molecule has 0 saturated carbocycles. The van der Waals surface area contributed by atoms with E-state index in [1.807, 2.05) is 6.92 Å². The zero-order valence-corrected chi connectivity index (χ0v) is 11.3. The lowest BCUT2D eigenvalue weighted by molar-refractivity contribution is 0.415. The Hall–Kier alpha value is -1.37. The first-order chi connectivity index (χ1) is 8.10. The van der Waals surface area contributed by atoms with Crippen LogP contribution < -0.4 is 15.4 Å². The van der Waals surface area contributed by atoms with Crippen LogP contribution >= 0.6 is 0 Å². The monoisotopic (exact) mass is 258 g/mol. The third-order valence-electron chi connectivity index (χ3n) is 2.37. The Kier molecular flexibility index (Phi) is 5.14. The van der Waals surface area contributed by atoms with Gasteiger partial charge in [0.25, 0.3) is 0 Å². The molecular formula is C10H18N4O2S. The zero-order chi connectivity index (χ0) is 12.8. The first-order valence-corrected chi connectivity index (χ1v) is 6.85. The van der Waals surface area contributed by atoms with E-state index in [1.165, 1.54) is 6.33 Å². The fraction of sp³-hybridized carbons (Fsp3) is 0.600. The van der Waals surface area contributed by atoms with Gasteiger partial charge in [0.1, 0.15) is 6.33 Å². The van der Waals surface area contributed by atoms with Gasteiger partial charge in [-0.25, -0.2) is 9.97 Å².